The third kappa shape index (κ3) is 5.14. The predicted molar refractivity (Wildman–Crippen MR) is 87.5 cm³/mol. The number of nitrogens with zero attached hydrogens (tertiary/aromatic N) is 1. The Bertz CT molecular complexity index is 391. The topological polar surface area (TPSA) is 24.5 Å². The number of hydrogen-bond donors (Lipinski definition) is 1. The lowest BCUT2D eigenvalue weighted by Crippen LogP contribution is -2.35. The van der Waals surface area contributed by atoms with Crippen LogP contribution in [0.3, 0.4) is 0 Å². The average Bonchev–Trinajstić information content (AvgIpc) is 2.41. The van der Waals surface area contributed by atoms with Gasteiger partial charge in [-0.15, -0.1) is 0 Å². The maximum Gasteiger partial charge on any atom is 0.0637 e. The summed E-state index contributed by atoms with van der Waals surface area (Å²) in [5.74, 6) is 0. The van der Waals surface area contributed by atoms with E-state index in [0.29, 0.717) is 6.04 Å². The SMILES string of the molecule is CCCNCc1cc(C)ccc1N(CCOC)C(C)C. The highest BCUT2D eigenvalue weighted by atomic mass is 16.5. The Kier molecular flexibility index (Phi) is 7.63. The number of hydrogen-bond acceptors (Lipinski definition) is 3. The number of aryl methyl sites for hydroxylation is 1. The van der Waals surface area contributed by atoms with Crippen molar-refractivity contribution < 1.29 is 4.74 Å². The Labute approximate surface area is 124 Å². The third-order valence-electron chi connectivity index (χ3n) is 3.45. The summed E-state index contributed by atoms with van der Waals surface area (Å²) < 4.78 is 5.25. The third-order valence-corrected chi connectivity index (χ3v) is 3.45. The minimum Gasteiger partial charge on any atom is -0.383 e. The van der Waals surface area contributed by atoms with Gasteiger partial charge in [0.15, 0.2) is 0 Å². The fourth-order valence-corrected chi connectivity index (χ4v) is 2.38. The highest BCUT2D eigenvalue weighted by Gasteiger charge is 2.14. The van der Waals surface area contributed by atoms with Crippen molar-refractivity contribution >= 4 is 5.69 Å². The molecule has 0 radical (unpaired) electrons. The van der Waals surface area contributed by atoms with E-state index in [2.05, 4.69) is 56.1 Å². The van der Waals surface area contributed by atoms with Crippen LogP contribution in [0, 0.1) is 6.92 Å². The first-order valence-electron chi connectivity index (χ1n) is 7.66. The van der Waals surface area contributed by atoms with Gasteiger partial charge in [-0.25, -0.2) is 0 Å². The quantitative estimate of drug-likeness (QED) is 0.701. The van der Waals surface area contributed by atoms with Crippen LogP contribution >= 0.6 is 0 Å². The number of anilines is 1. The molecule has 0 atom stereocenters. The van der Waals surface area contributed by atoms with Crippen molar-refractivity contribution in [3.63, 3.8) is 0 Å². The molecule has 114 valence electrons. The van der Waals surface area contributed by atoms with Crippen molar-refractivity contribution in [3.8, 4) is 0 Å². The van der Waals surface area contributed by atoms with E-state index in [1.54, 1.807) is 7.11 Å². The summed E-state index contributed by atoms with van der Waals surface area (Å²) in [6.07, 6.45) is 1.17. The van der Waals surface area contributed by atoms with Crippen LogP contribution in [0.1, 0.15) is 38.3 Å². The maximum absolute atomic E-state index is 5.25. The van der Waals surface area contributed by atoms with E-state index >= 15 is 0 Å². The van der Waals surface area contributed by atoms with Gasteiger partial charge in [-0.2, -0.15) is 0 Å². The first kappa shape index (κ1) is 17.0. The van der Waals surface area contributed by atoms with Crippen LogP contribution in [-0.2, 0) is 11.3 Å². The van der Waals surface area contributed by atoms with Gasteiger partial charge in [0.2, 0.25) is 0 Å². The fourth-order valence-electron chi connectivity index (χ4n) is 2.38. The molecule has 1 rings (SSSR count). The zero-order valence-electron chi connectivity index (χ0n) is 13.7. The molecule has 0 heterocycles. The zero-order chi connectivity index (χ0) is 15.0. The molecule has 1 aromatic rings. The summed E-state index contributed by atoms with van der Waals surface area (Å²) in [7, 11) is 1.76. The van der Waals surface area contributed by atoms with Gasteiger partial charge in [-0.1, -0.05) is 24.6 Å². The Hall–Kier alpha value is -1.06. The van der Waals surface area contributed by atoms with Gasteiger partial charge in [-0.05, 0) is 45.4 Å². The van der Waals surface area contributed by atoms with Crippen molar-refractivity contribution in [1.82, 2.24) is 5.32 Å². The first-order chi connectivity index (χ1) is 9.60. The number of methoxy groups -OCH3 is 1. The van der Waals surface area contributed by atoms with Crippen LogP contribution in [0.5, 0.6) is 0 Å². The van der Waals surface area contributed by atoms with Crippen molar-refractivity contribution in [2.45, 2.75) is 46.7 Å². The Morgan fingerprint density at radius 1 is 1.30 bits per heavy atom. The van der Waals surface area contributed by atoms with Gasteiger partial charge in [0.1, 0.15) is 0 Å². The van der Waals surface area contributed by atoms with Gasteiger partial charge in [0, 0.05) is 31.9 Å². The molecule has 0 saturated heterocycles. The van der Waals surface area contributed by atoms with E-state index in [1.807, 2.05) is 0 Å². The van der Waals surface area contributed by atoms with Crippen molar-refractivity contribution in [3.05, 3.63) is 29.3 Å². The van der Waals surface area contributed by atoms with Crippen LogP contribution < -0.4 is 10.2 Å². The second kappa shape index (κ2) is 8.98. The van der Waals surface area contributed by atoms with Crippen LogP contribution in [0.2, 0.25) is 0 Å². The fraction of sp³-hybridized carbons (Fsp3) is 0.647. The van der Waals surface area contributed by atoms with Gasteiger partial charge < -0.3 is 15.0 Å². The minimum atomic E-state index is 0.470. The van der Waals surface area contributed by atoms with Gasteiger partial charge >= 0.3 is 0 Å². The van der Waals surface area contributed by atoms with E-state index in [4.69, 9.17) is 4.74 Å². The molecular weight excluding hydrogens is 248 g/mol. The molecule has 0 aliphatic carbocycles. The molecule has 20 heavy (non-hydrogen) atoms. The van der Waals surface area contributed by atoms with Crippen molar-refractivity contribution in [2.24, 2.45) is 0 Å². The first-order valence-corrected chi connectivity index (χ1v) is 7.66. The van der Waals surface area contributed by atoms with E-state index in [-0.39, 0.29) is 0 Å². The lowest BCUT2D eigenvalue weighted by atomic mass is 10.1. The highest BCUT2D eigenvalue weighted by molar-refractivity contribution is 5.55. The number of rotatable bonds is 9. The van der Waals surface area contributed by atoms with E-state index < -0.39 is 0 Å². The standard InChI is InChI=1S/C17H30N2O/c1-6-9-18-13-16-12-15(4)7-8-17(16)19(14(2)3)10-11-20-5/h7-8,12,14,18H,6,9-11,13H2,1-5H3. The maximum atomic E-state index is 5.25. The molecule has 0 spiro atoms. The largest absolute Gasteiger partial charge is 0.383 e. The molecule has 0 aromatic heterocycles. The predicted octanol–water partition coefficient (Wildman–Crippen LogP) is 3.36. The van der Waals surface area contributed by atoms with Crippen LogP contribution in [0.15, 0.2) is 18.2 Å². The van der Waals surface area contributed by atoms with E-state index in [9.17, 15) is 0 Å². The lowest BCUT2D eigenvalue weighted by Gasteiger charge is -2.31. The van der Waals surface area contributed by atoms with Crippen molar-refractivity contribution in [1.29, 1.82) is 0 Å². The van der Waals surface area contributed by atoms with Crippen molar-refractivity contribution in [2.75, 3.05) is 31.7 Å². The van der Waals surface area contributed by atoms with Gasteiger partial charge in [-0.3, -0.25) is 0 Å². The Balaban J connectivity index is 2.93. The normalized spacial score (nSPS) is 11.1. The Morgan fingerprint density at radius 2 is 2.05 bits per heavy atom. The molecule has 0 aliphatic rings. The number of nitrogens with one attached hydrogen (secondary N) is 1. The van der Waals surface area contributed by atoms with Crippen LogP contribution in [0.25, 0.3) is 0 Å². The molecule has 0 fully saturated rings. The monoisotopic (exact) mass is 278 g/mol. The Morgan fingerprint density at radius 3 is 2.65 bits per heavy atom. The molecule has 0 bridgehead atoms. The minimum absolute atomic E-state index is 0.470. The smallest absolute Gasteiger partial charge is 0.0637 e. The average molecular weight is 278 g/mol. The zero-order valence-corrected chi connectivity index (χ0v) is 13.7. The van der Waals surface area contributed by atoms with Crippen LogP contribution in [-0.4, -0.2) is 32.8 Å². The summed E-state index contributed by atoms with van der Waals surface area (Å²) in [6.45, 7) is 12.5. The lowest BCUT2D eigenvalue weighted by molar-refractivity contribution is 0.204. The van der Waals surface area contributed by atoms with E-state index in [0.717, 1.165) is 26.2 Å². The van der Waals surface area contributed by atoms with E-state index in [1.165, 1.54) is 23.2 Å². The molecule has 1 N–H and O–H groups in total. The molecule has 3 heteroatoms. The number of benzene rings is 1. The molecule has 1 aromatic carbocycles. The van der Waals surface area contributed by atoms with Gasteiger partial charge in [0.25, 0.3) is 0 Å². The number of ether oxygens (including phenoxy) is 1. The summed E-state index contributed by atoms with van der Waals surface area (Å²) in [5.41, 5.74) is 4.02. The second-order valence-corrected chi connectivity index (χ2v) is 5.59. The molecule has 3 nitrogen and oxygen atoms in total. The molecular formula is C17H30N2O. The van der Waals surface area contributed by atoms with Gasteiger partial charge in [0.05, 0.1) is 6.61 Å². The summed E-state index contributed by atoms with van der Waals surface area (Å²) in [6, 6.07) is 7.20. The molecule has 0 unspecified atom stereocenters. The highest BCUT2D eigenvalue weighted by Crippen LogP contribution is 2.24. The summed E-state index contributed by atoms with van der Waals surface area (Å²) in [4.78, 5) is 2.42. The molecule has 0 saturated carbocycles. The van der Waals surface area contributed by atoms with Crippen LogP contribution in [0.4, 0.5) is 5.69 Å². The molecule has 0 amide bonds. The summed E-state index contributed by atoms with van der Waals surface area (Å²) in [5, 5.41) is 3.51. The second-order valence-electron chi connectivity index (χ2n) is 5.59. The molecule has 0 aliphatic heterocycles. The summed E-state index contributed by atoms with van der Waals surface area (Å²) >= 11 is 0.